The van der Waals surface area contributed by atoms with Gasteiger partial charge in [-0.25, -0.2) is 0 Å². The maximum absolute atomic E-state index is 9.24. The van der Waals surface area contributed by atoms with Crippen LogP contribution < -0.4 is 0 Å². The van der Waals surface area contributed by atoms with E-state index in [1.165, 1.54) is 0 Å². The molecule has 0 aliphatic carbocycles. The average molecular weight is 370 g/mol. The Hall–Kier alpha value is -0.360. The van der Waals surface area contributed by atoms with E-state index in [1.807, 2.05) is 6.92 Å². The standard InChI is InChI=1S/C16H34O9/c1-2-25-16(18)15-24-14-13-23-12-11-22-10-9-21-8-7-20-6-5-19-4-3-17/h16-18H,2-15H2,1H3. The lowest BCUT2D eigenvalue weighted by Crippen LogP contribution is -2.20. The van der Waals surface area contributed by atoms with Crippen molar-refractivity contribution in [3.8, 4) is 0 Å². The van der Waals surface area contributed by atoms with Crippen LogP contribution in [-0.2, 0) is 33.2 Å². The molecule has 0 aliphatic rings. The summed E-state index contributed by atoms with van der Waals surface area (Å²) in [6, 6.07) is 0. The average Bonchev–Trinajstić information content (AvgIpc) is 2.61. The monoisotopic (exact) mass is 370 g/mol. The molecule has 0 aliphatic heterocycles. The van der Waals surface area contributed by atoms with Crippen molar-refractivity contribution in [3.05, 3.63) is 0 Å². The second kappa shape index (κ2) is 21.7. The molecular formula is C16H34O9. The van der Waals surface area contributed by atoms with Crippen LogP contribution in [0.3, 0.4) is 0 Å². The van der Waals surface area contributed by atoms with Gasteiger partial charge in [-0.2, -0.15) is 0 Å². The highest BCUT2D eigenvalue weighted by molar-refractivity contribution is 4.39. The molecule has 152 valence electrons. The van der Waals surface area contributed by atoms with Gasteiger partial charge in [0.15, 0.2) is 6.29 Å². The highest BCUT2D eigenvalue weighted by Crippen LogP contribution is 1.89. The van der Waals surface area contributed by atoms with Crippen molar-refractivity contribution in [2.75, 3.05) is 92.5 Å². The predicted octanol–water partition coefficient (Wildman–Crippen LogP) is -0.567. The number of hydrogen-bond acceptors (Lipinski definition) is 9. The summed E-state index contributed by atoms with van der Waals surface area (Å²) < 4.78 is 36.4. The lowest BCUT2D eigenvalue weighted by molar-refractivity contribution is -0.138. The number of ether oxygens (including phenoxy) is 7. The van der Waals surface area contributed by atoms with E-state index in [0.29, 0.717) is 79.3 Å². The second-order valence-corrected chi connectivity index (χ2v) is 4.77. The minimum absolute atomic E-state index is 0.0283. The zero-order valence-corrected chi connectivity index (χ0v) is 15.2. The summed E-state index contributed by atoms with van der Waals surface area (Å²) in [5.74, 6) is 0. The molecule has 0 aromatic carbocycles. The Morgan fingerprint density at radius 1 is 0.600 bits per heavy atom. The van der Waals surface area contributed by atoms with Gasteiger partial charge in [-0.15, -0.1) is 0 Å². The van der Waals surface area contributed by atoms with E-state index >= 15 is 0 Å². The van der Waals surface area contributed by atoms with Gasteiger partial charge < -0.3 is 43.4 Å². The lowest BCUT2D eigenvalue weighted by Gasteiger charge is -2.11. The number of hydrogen-bond donors (Lipinski definition) is 2. The quantitative estimate of drug-likeness (QED) is 0.203. The van der Waals surface area contributed by atoms with Crippen LogP contribution in [0.4, 0.5) is 0 Å². The third kappa shape index (κ3) is 21.6. The van der Waals surface area contributed by atoms with E-state index in [4.69, 9.17) is 38.3 Å². The fourth-order valence-corrected chi connectivity index (χ4v) is 1.59. The molecule has 0 radical (unpaired) electrons. The highest BCUT2D eigenvalue weighted by Gasteiger charge is 2.01. The fraction of sp³-hybridized carbons (Fsp3) is 1.00. The molecule has 0 fully saturated rings. The van der Waals surface area contributed by atoms with Gasteiger partial charge in [-0.05, 0) is 6.92 Å². The van der Waals surface area contributed by atoms with Crippen molar-refractivity contribution >= 4 is 0 Å². The molecule has 0 amide bonds. The van der Waals surface area contributed by atoms with Crippen molar-refractivity contribution in [2.45, 2.75) is 13.2 Å². The van der Waals surface area contributed by atoms with Crippen LogP contribution in [0.1, 0.15) is 6.92 Å². The molecule has 9 nitrogen and oxygen atoms in total. The minimum Gasteiger partial charge on any atom is -0.394 e. The summed E-state index contributed by atoms with van der Waals surface area (Å²) >= 11 is 0. The Labute approximate surface area is 150 Å². The fourth-order valence-electron chi connectivity index (χ4n) is 1.59. The molecule has 0 aromatic heterocycles. The smallest absolute Gasteiger partial charge is 0.178 e. The summed E-state index contributed by atoms with van der Waals surface area (Å²) in [7, 11) is 0. The largest absolute Gasteiger partial charge is 0.394 e. The third-order valence-corrected chi connectivity index (χ3v) is 2.72. The Morgan fingerprint density at radius 2 is 0.960 bits per heavy atom. The highest BCUT2D eigenvalue weighted by atomic mass is 16.6. The first kappa shape index (κ1) is 24.6. The first-order chi connectivity index (χ1) is 12.3. The van der Waals surface area contributed by atoms with Crippen LogP contribution in [0.15, 0.2) is 0 Å². The zero-order chi connectivity index (χ0) is 18.4. The first-order valence-corrected chi connectivity index (χ1v) is 8.68. The third-order valence-electron chi connectivity index (χ3n) is 2.72. The molecule has 2 N–H and O–H groups in total. The van der Waals surface area contributed by atoms with Gasteiger partial charge in [0, 0.05) is 6.61 Å². The molecule has 0 heterocycles. The maximum atomic E-state index is 9.24. The van der Waals surface area contributed by atoms with E-state index in [9.17, 15) is 5.11 Å². The molecule has 9 heteroatoms. The van der Waals surface area contributed by atoms with E-state index < -0.39 is 6.29 Å². The van der Waals surface area contributed by atoms with Gasteiger partial charge in [0.1, 0.15) is 0 Å². The van der Waals surface area contributed by atoms with Crippen LogP contribution in [-0.4, -0.2) is 109 Å². The summed E-state index contributed by atoms with van der Waals surface area (Å²) in [6.45, 7) is 7.56. The zero-order valence-electron chi connectivity index (χ0n) is 15.2. The number of aliphatic hydroxyl groups is 2. The van der Waals surface area contributed by atoms with Crippen molar-refractivity contribution < 1.29 is 43.4 Å². The van der Waals surface area contributed by atoms with Gasteiger partial charge in [-0.3, -0.25) is 0 Å². The maximum Gasteiger partial charge on any atom is 0.178 e. The topological polar surface area (TPSA) is 105 Å². The first-order valence-electron chi connectivity index (χ1n) is 8.68. The molecule has 0 bridgehead atoms. The summed E-state index contributed by atoms with van der Waals surface area (Å²) in [4.78, 5) is 0. The molecular weight excluding hydrogens is 336 g/mol. The number of aliphatic hydroxyl groups excluding tert-OH is 2. The van der Waals surface area contributed by atoms with E-state index in [0.717, 1.165) is 0 Å². The molecule has 1 atom stereocenters. The second-order valence-electron chi connectivity index (χ2n) is 4.77. The molecule has 25 heavy (non-hydrogen) atoms. The Balaban J connectivity index is 3.00. The molecule has 0 saturated carbocycles. The molecule has 0 saturated heterocycles. The Bertz CT molecular complexity index is 244. The van der Waals surface area contributed by atoms with Crippen molar-refractivity contribution in [1.29, 1.82) is 0 Å². The van der Waals surface area contributed by atoms with Crippen LogP contribution >= 0.6 is 0 Å². The number of rotatable bonds is 21. The molecule has 0 aromatic rings. The lowest BCUT2D eigenvalue weighted by atomic mass is 10.6. The van der Waals surface area contributed by atoms with E-state index in [-0.39, 0.29) is 13.2 Å². The van der Waals surface area contributed by atoms with Crippen LogP contribution in [0.5, 0.6) is 0 Å². The van der Waals surface area contributed by atoms with Crippen LogP contribution in [0.25, 0.3) is 0 Å². The summed E-state index contributed by atoms with van der Waals surface area (Å²) in [5, 5.41) is 17.7. The molecule has 0 spiro atoms. The van der Waals surface area contributed by atoms with Gasteiger partial charge >= 0.3 is 0 Å². The summed E-state index contributed by atoms with van der Waals surface area (Å²) in [6.07, 6.45) is -0.877. The van der Waals surface area contributed by atoms with Crippen LogP contribution in [0, 0.1) is 0 Å². The Kier molecular flexibility index (Phi) is 21.4. The van der Waals surface area contributed by atoms with Gasteiger partial charge in [0.05, 0.1) is 85.9 Å². The van der Waals surface area contributed by atoms with Crippen molar-refractivity contribution in [2.24, 2.45) is 0 Å². The molecule has 0 rings (SSSR count). The summed E-state index contributed by atoms with van der Waals surface area (Å²) in [5.41, 5.74) is 0. The van der Waals surface area contributed by atoms with E-state index in [1.54, 1.807) is 0 Å². The van der Waals surface area contributed by atoms with Crippen molar-refractivity contribution in [1.82, 2.24) is 0 Å². The minimum atomic E-state index is -0.877. The molecule has 1 unspecified atom stereocenters. The predicted molar refractivity (Wildman–Crippen MR) is 89.6 cm³/mol. The van der Waals surface area contributed by atoms with Gasteiger partial charge in [0.25, 0.3) is 0 Å². The van der Waals surface area contributed by atoms with Gasteiger partial charge in [-0.1, -0.05) is 0 Å². The SMILES string of the molecule is CCOC(O)COCCOCCOCCOCCOCCOCCO. The van der Waals surface area contributed by atoms with Gasteiger partial charge in [0.2, 0.25) is 0 Å². The normalized spacial score (nSPS) is 12.6. The van der Waals surface area contributed by atoms with E-state index in [2.05, 4.69) is 0 Å². The Morgan fingerprint density at radius 3 is 1.32 bits per heavy atom. The van der Waals surface area contributed by atoms with Crippen molar-refractivity contribution in [3.63, 3.8) is 0 Å². The van der Waals surface area contributed by atoms with Crippen LogP contribution in [0.2, 0.25) is 0 Å².